The summed E-state index contributed by atoms with van der Waals surface area (Å²) in [6.07, 6.45) is -1.03. The highest BCUT2D eigenvalue weighted by molar-refractivity contribution is 5.29. The summed E-state index contributed by atoms with van der Waals surface area (Å²) < 4.78 is 46.2. The Kier molecular flexibility index (Phi) is 7.00. The van der Waals surface area contributed by atoms with Crippen LogP contribution in [0.3, 0.4) is 0 Å². The Morgan fingerprint density at radius 2 is 1.70 bits per heavy atom. The van der Waals surface area contributed by atoms with E-state index in [1.54, 1.807) is 12.1 Å². The fraction of sp³-hybridized carbons (Fsp3) is 0.700. The molecule has 2 aliphatic rings. The lowest BCUT2D eigenvalue weighted by atomic mass is 9.91. The molecular formula is C20H29F3N2O2. The van der Waals surface area contributed by atoms with Gasteiger partial charge < -0.3 is 9.47 Å². The van der Waals surface area contributed by atoms with Crippen LogP contribution in [0.5, 0.6) is 5.75 Å². The Hall–Kier alpha value is -1.31. The van der Waals surface area contributed by atoms with Gasteiger partial charge in [-0.2, -0.15) is 0 Å². The zero-order valence-electron chi connectivity index (χ0n) is 15.9. The largest absolute Gasteiger partial charge is 0.573 e. The van der Waals surface area contributed by atoms with Gasteiger partial charge in [0.15, 0.2) is 0 Å². The molecular weight excluding hydrogens is 357 g/mol. The molecule has 2 fully saturated rings. The van der Waals surface area contributed by atoms with Gasteiger partial charge in [0.1, 0.15) is 5.75 Å². The third kappa shape index (κ3) is 6.36. The van der Waals surface area contributed by atoms with Crippen molar-refractivity contribution in [1.29, 1.82) is 0 Å². The molecule has 3 rings (SSSR count). The van der Waals surface area contributed by atoms with Crippen LogP contribution in [0.2, 0.25) is 0 Å². The van der Waals surface area contributed by atoms with Gasteiger partial charge in [-0.25, -0.2) is 0 Å². The number of piperidine rings is 1. The summed E-state index contributed by atoms with van der Waals surface area (Å²) in [5.74, 6) is 0.596. The van der Waals surface area contributed by atoms with E-state index >= 15 is 0 Å². The quantitative estimate of drug-likeness (QED) is 0.736. The highest BCUT2D eigenvalue weighted by Gasteiger charge is 2.31. The molecule has 1 aromatic carbocycles. The molecule has 0 amide bonds. The van der Waals surface area contributed by atoms with E-state index in [1.165, 1.54) is 31.4 Å². The number of hydrogen-bond donors (Lipinski definition) is 0. The molecule has 2 aliphatic heterocycles. The van der Waals surface area contributed by atoms with Crippen molar-refractivity contribution in [2.45, 2.75) is 38.6 Å². The number of ether oxygens (including phenoxy) is 2. The highest BCUT2D eigenvalue weighted by atomic mass is 19.4. The number of benzene rings is 1. The lowest BCUT2D eigenvalue weighted by molar-refractivity contribution is -0.274. The summed E-state index contributed by atoms with van der Waals surface area (Å²) in [7, 11) is 0. The molecule has 1 atom stereocenters. The normalized spacial score (nSPS) is 21.9. The Morgan fingerprint density at radius 3 is 2.30 bits per heavy atom. The molecule has 7 heteroatoms. The molecule has 152 valence electrons. The van der Waals surface area contributed by atoms with Crippen LogP contribution in [-0.4, -0.2) is 62.1 Å². The molecule has 0 aliphatic carbocycles. The first-order chi connectivity index (χ1) is 12.9. The van der Waals surface area contributed by atoms with E-state index in [0.717, 1.165) is 57.4 Å². The van der Waals surface area contributed by atoms with Crippen molar-refractivity contribution >= 4 is 0 Å². The van der Waals surface area contributed by atoms with E-state index in [2.05, 4.69) is 21.5 Å². The Morgan fingerprint density at radius 1 is 1.07 bits per heavy atom. The van der Waals surface area contributed by atoms with Gasteiger partial charge in [-0.05, 0) is 69.4 Å². The van der Waals surface area contributed by atoms with Gasteiger partial charge in [-0.15, -0.1) is 13.2 Å². The van der Waals surface area contributed by atoms with E-state index in [4.69, 9.17) is 4.74 Å². The van der Waals surface area contributed by atoms with Crippen molar-refractivity contribution in [2.24, 2.45) is 5.92 Å². The lowest BCUT2D eigenvalue weighted by Crippen LogP contribution is -2.39. The number of halogens is 3. The second kappa shape index (κ2) is 9.26. The number of rotatable bonds is 6. The van der Waals surface area contributed by atoms with Crippen molar-refractivity contribution in [1.82, 2.24) is 9.80 Å². The first-order valence-corrected chi connectivity index (χ1v) is 9.80. The standard InChI is InChI=1S/C20H29F3N2O2/c1-16(18-2-4-19(5-3-18)27-20(21,22)23)25-10-7-17(8-11-25)6-9-24-12-14-26-15-13-24/h2-5,16-17H,6-15H2,1H3. The van der Waals surface area contributed by atoms with Crippen LogP contribution in [0.4, 0.5) is 13.2 Å². The minimum absolute atomic E-state index is 0.166. The third-order valence-electron chi connectivity index (χ3n) is 5.75. The Balaban J connectivity index is 1.43. The molecule has 2 heterocycles. The molecule has 2 saturated heterocycles. The molecule has 1 unspecified atom stereocenters. The van der Waals surface area contributed by atoms with E-state index in [-0.39, 0.29) is 11.8 Å². The third-order valence-corrected chi connectivity index (χ3v) is 5.75. The second-order valence-electron chi connectivity index (χ2n) is 7.51. The number of nitrogens with zero attached hydrogens (tertiary/aromatic N) is 2. The van der Waals surface area contributed by atoms with Crippen molar-refractivity contribution < 1.29 is 22.6 Å². The number of alkyl halides is 3. The summed E-state index contributed by atoms with van der Waals surface area (Å²) in [4.78, 5) is 4.91. The predicted octanol–water partition coefficient (Wildman–Crippen LogP) is 4.08. The number of likely N-dealkylation sites (tertiary alicyclic amines) is 1. The maximum atomic E-state index is 12.3. The van der Waals surface area contributed by atoms with E-state index < -0.39 is 6.36 Å². The zero-order chi connectivity index (χ0) is 19.3. The van der Waals surface area contributed by atoms with Gasteiger partial charge in [0.25, 0.3) is 0 Å². The summed E-state index contributed by atoms with van der Waals surface area (Å²) >= 11 is 0. The van der Waals surface area contributed by atoms with Gasteiger partial charge in [0.2, 0.25) is 0 Å². The van der Waals surface area contributed by atoms with Gasteiger partial charge in [-0.1, -0.05) is 12.1 Å². The molecule has 27 heavy (non-hydrogen) atoms. The average molecular weight is 386 g/mol. The smallest absolute Gasteiger partial charge is 0.406 e. The Bertz CT molecular complexity index is 566. The van der Waals surface area contributed by atoms with Crippen LogP contribution in [0.1, 0.15) is 37.8 Å². The van der Waals surface area contributed by atoms with Gasteiger partial charge in [0.05, 0.1) is 13.2 Å². The Labute approximate surface area is 159 Å². The van der Waals surface area contributed by atoms with E-state index in [9.17, 15) is 13.2 Å². The second-order valence-corrected chi connectivity index (χ2v) is 7.51. The SMILES string of the molecule is CC(c1ccc(OC(F)(F)F)cc1)N1CCC(CCN2CCOCC2)CC1. The fourth-order valence-corrected chi connectivity index (χ4v) is 3.98. The van der Waals surface area contributed by atoms with Gasteiger partial charge in [-0.3, -0.25) is 9.80 Å². The summed E-state index contributed by atoms with van der Waals surface area (Å²) in [5.41, 5.74) is 1.02. The maximum absolute atomic E-state index is 12.3. The number of hydrogen-bond acceptors (Lipinski definition) is 4. The minimum atomic E-state index is -4.64. The van der Waals surface area contributed by atoms with Crippen LogP contribution < -0.4 is 4.74 Å². The fourth-order valence-electron chi connectivity index (χ4n) is 3.98. The molecule has 0 bridgehead atoms. The summed E-state index contributed by atoms with van der Waals surface area (Å²) in [5, 5.41) is 0. The molecule has 0 saturated carbocycles. The van der Waals surface area contributed by atoms with Crippen LogP contribution >= 0.6 is 0 Å². The summed E-state index contributed by atoms with van der Waals surface area (Å²) in [6.45, 7) is 9.14. The monoisotopic (exact) mass is 386 g/mol. The van der Waals surface area contributed by atoms with Crippen molar-refractivity contribution in [3.63, 3.8) is 0 Å². The maximum Gasteiger partial charge on any atom is 0.573 e. The topological polar surface area (TPSA) is 24.9 Å². The van der Waals surface area contributed by atoms with Crippen molar-refractivity contribution in [2.75, 3.05) is 45.9 Å². The van der Waals surface area contributed by atoms with E-state index in [1.807, 2.05) is 0 Å². The first-order valence-electron chi connectivity index (χ1n) is 9.80. The van der Waals surface area contributed by atoms with Crippen LogP contribution in [-0.2, 0) is 4.74 Å². The predicted molar refractivity (Wildman–Crippen MR) is 97.7 cm³/mol. The molecule has 0 spiro atoms. The van der Waals surface area contributed by atoms with Crippen molar-refractivity contribution in [3.05, 3.63) is 29.8 Å². The molecule has 0 N–H and O–H groups in total. The number of morpholine rings is 1. The van der Waals surface area contributed by atoms with Crippen molar-refractivity contribution in [3.8, 4) is 5.75 Å². The minimum Gasteiger partial charge on any atom is -0.406 e. The van der Waals surface area contributed by atoms with Crippen LogP contribution in [0, 0.1) is 5.92 Å². The summed E-state index contributed by atoms with van der Waals surface area (Å²) in [6, 6.07) is 6.46. The molecule has 0 radical (unpaired) electrons. The first kappa shape index (κ1) is 20.4. The molecule has 1 aromatic rings. The van der Waals surface area contributed by atoms with Crippen LogP contribution in [0.15, 0.2) is 24.3 Å². The molecule has 4 nitrogen and oxygen atoms in total. The lowest BCUT2D eigenvalue weighted by Gasteiger charge is -2.37. The zero-order valence-corrected chi connectivity index (χ0v) is 15.9. The van der Waals surface area contributed by atoms with E-state index in [0.29, 0.717) is 0 Å². The highest BCUT2D eigenvalue weighted by Crippen LogP contribution is 2.30. The molecule has 0 aromatic heterocycles. The van der Waals surface area contributed by atoms with Gasteiger partial charge >= 0.3 is 6.36 Å². The average Bonchev–Trinajstić information content (AvgIpc) is 2.66. The van der Waals surface area contributed by atoms with Gasteiger partial charge in [0, 0.05) is 19.1 Å². The van der Waals surface area contributed by atoms with Crippen LogP contribution in [0.25, 0.3) is 0 Å².